The highest BCUT2D eigenvalue weighted by atomic mass is 19.3. The summed E-state index contributed by atoms with van der Waals surface area (Å²) >= 11 is 0. The van der Waals surface area contributed by atoms with Gasteiger partial charge in [-0.2, -0.15) is 0 Å². The van der Waals surface area contributed by atoms with E-state index < -0.39 is 18.8 Å². The Kier molecular flexibility index (Phi) is 4.00. The molecular formula is C11H13F3O. The molecule has 84 valence electrons. The lowest BCUT2D eigenvalue weighted by Crippen LogP contribution is -2.08. The zero-order chi connectivity index (χ0) is 11.4. The van der Waals surface area contributed by atoms with Crippen molar-refractivity contribution in [2.45, 2.75) is 26.2 Å². The van der Waals surface area contributed by atoms with Crippen LogP contribution >= 0.6 is 0 Å². The number of benzene rings is 1. The molecular weight excluding hydrogens is 205 g/mol. The van der Waals surface area contributed by atoms with Gasteiger partial charge in [-0.1, -0.05) is 19.9 Å². The van der Waals surface area contributed by atoms with Gasteiger partial charge < -0.3 is 4.74 Å². The molecule has 0 radical (unpaired) electrons. The Bertz CT molecular complexity index is 324. The molecule has 4 heteroatoms. The van der Waals surface area contributed by atoms with Gasteiger partial charge in [-0.15, -0.1) is 0 Å². The zero-order valence-corrected chi connectivity index (χ0v) is 8.64. The standard InChI is InChI=1S/C11H13F3O/c1-7(2)8-3-4-10(9(12)5-8)15-6-11(13)14/h3-5,7,11H,6H2,1-2H3. The average Bonchev–Trinajstić information content (AvgIpc) is 2.15. The Hall–Kier alpha value is -1.19. The van der Waals surface area contributed by atoms with Crippen LogP contribution in [-0.2, 0) is 0 Å². The number of hydrogen-bond acceptors (Lipinski definition) is 1. The number of hydrogen-bond donors (Lipinski definition) is 0. The highest BCUT2D eigenvalue weighted by Crippen LogP contribution is 2.23. The van der Waals surface area contributed by atoms with E-state index >= 15 is 0 Å². The first-order valence-corrected chi connectivity index (χ1v) is 4.71. The summed E-state index contributed by atoms with van der Waals surface area (Å²) in [6, 6.07) is 4.37. The maximum Gasteiger partial charge on any atom is 0.272 e. The zero-order valence-electron chi connectivity index (χ0n) is 8.64. The molecule has 0 amide bonds. The van der Waals surface area contributed by atoms with Crippen molar-refractivity contribution in [3.8, 4) is 5.75 Å². The summed E-state index contributed by atoms with van der Waals surface area (Å²) in [4.78, 5) is 0. The minimum Gasteiger partial charge on any atom is -0.485 e. The molecule has 0 atom stereocenters. The Labute approximate surface area is 86.9 Å². The number of halogens is 3. The quantitative estimate of drug-likeness (QED) is 0.750. The molecule has 0 fully saturated rings. The second-order valence-electron chi connectivity index (χ2n) is 3.55. The number of ether oxygens (including phenoxy) is 1. The summed E-state index contributed by atoms with van der Waals surface area (Å²) < 4.78 is 41.5. The molecule has 1 nitrogen and oxygen atoms in total. The van der Waals surface area contributed by atoms with Crippen molar-refractivity contribution in [2.75, 3.05) is 6.61 Å². The molecule has 0 bridgehead atoms. The molecule has 0 saturated heterocycles. The van der Waals surface area contributed by atoms with Crippen LogP contribution < -0.4 is 4.74 Å². The van der Waals surface area contributed by atoms with Crippen molar-refractivity contribution in [2.24, 2.45) is 0 Å². The molecule has 0 heterocycles. The second kappa shape index (κ2) is 5.05. The molecule has 0 aliphatic heterocycles. The highest BCUT2D eigenvalue weighted by molar-refractivity contribution is 5.30. The van der Waals surface area contributed by atoms with E-state index in [2.05, 4.69) is 4.74 Å². The minimum atomic E-state index is -2.59. The highest BCUT2D eigenvalue weighted by Gasteiger charge is 2.09. The summed E-state index contributed by atoms with van der Waals surface area (Å²) in [6.45, 7) is 3.07. The van der Waals surface area contributed by atoms with E-state index in [0.29, 0.717) is 0 Å². The van der Waals surface area contributed by atoms with E-state index in [4.69, 9.17) is 0 Å². The van der Waals surface area contributed by atoms with Crippen molar-refractivity contribution in [1.29, 1.82) is 0 Å². The maximum absolute atomic E-state index is 13.3. The third-order valence-electron chi connectivity index (χ3n) is 1.99. The average molecular weight is 218 g/mol. The topological polar surface area (TPSA) is 9.23 Å². The van der Waals surface area contributed by atoms with Crippen LogP contribution in [0.3, 0.4) is 0 Å². The van der Waals surface area contributed by atoms with Gasteiger partial charge in [0.15, 0.2) is 11.6 Å². The lowest BCUT2D eigenvalue weighted by Gasteiger charge is -2.09. The molecule has 0 aliphatic carbocycles. The van der Waals surface area contributed by atoms with Crippen LogP contribution in [0, 0.1) is 5.82 Å². The van der Waals surface area contributed by atoms with E-state index in [1.807, 2.05) is 13.8 Å². The van der Waals surface area contributed by atoms with Gasteiger partial charge >= 0.3 is 0 Å². The first-order valence-electron chi connectivity index (χ1n) is 4.71. The van der Waals surface area contributed by atoms with Crippen LogP contribution in [0.25, 0.3) is 0 Å². The molecule has 0 saturated carbocycles. The molecule has 0 aliphatic rings. The van der Waals surface area contributed by atoms with Crippen LogP contribution in [0.15, 0.2) is 18.2 Å². The van der Waals surface area contributed by atoms with Crippen LogP contribution in [0.4, 0.5) is 13.2 Å². The van der Waals surface area contributed by atoms with Crippen molar-refractivity contribution in [3.05, 3.63) is 29.6 Å². The molecule has 0 unspecified atom stereocenters. The van der Waals surface area contributed by atoms with Crippen molar-refractivity contribution < 1.29 is 17.9 Å². The fourth-order valence-corrected chi connectivity index (χ4v) is 1.15. The Morgan fingerprint density at radius 1 is 1.27 bits per heavy atom. The van der Waals surface area contributed by atoms with E-state index in [0.717, 1.165) is 5.56 Å². The van der Waals surface area contributed by atoms with E-state index in [1.54, 1.807) is 6.07 Å². The van der Waals surface area contributed by atoms with Gasteiger partial charge in [0, 0.05) is 0 Å². The lowest BCUT2D eigenvalue weighted by atomic mass is 10.0. The van der Waals surface area contributed by atoms with Crippen LogP contribution in [-0.4, -0.2) is 13.0 Å². The molecule has 0 spiro atoms. The van der Waals surface area contributed by atoms with Gasteiger partial charge in [0.2, 0.25) is 0 Å². The fourth-order valence-electron chi connectivity index (χ4n) is 1.15. The Balaban J connectivity index is 2.75. The second-order valence-corrected chi connectivity index (χ2v) is 3.55. The van der Waals surface area contributed by atoms with Crippen LogP contribution in [0.1, 0.15) is 25.3 Å². The van der Waals surface area contributed by atoms with Crippen LogP contribution in [0.5, 0.6) is 5.75 Å². The van der Waals surface area contributed by atoms with Crippen molar-refractivity contribution in [3.63, 3.8) is 0 Å². The van der Waals surface area contributed by atoms with Crippen molar-refractivity contribution >= 4 is 0 Å². The number of alkyl halides is 2. The third kappa shape index (κ3) is 3.46. The molecule has 1 rings (SSSR count). The normalized spacial score (nSPS) is 11.1. The smallest absolute Gasteiger partial charge is 0.272 e. The summed E-state index contributed by atoms with van der Waals surface area (Å²) in [5.74, 6) is -0.523. The third-order valence-corrected chi connectivity index (χ3v) is 1.99. The van der Waals surface area contributed by atoms with Gasteiger partial charge in [-0.25, -0.2) is 13.2 Å². The van der Waals surface area contributed by atoms with Gasteiger partial charge in [0.05, 0.1) is 0 Å². The monoisotopic (exact) mass is 218 g/mol. The van der Waals surface area contributed by atoms with E-state index in [-0.39, 0.29) is 11.7 Å². The summed E-state index contributed by atoms with van der Waals surface area (Å²) in [5.41, 5.74) is 0.817. The maximum atomic E-state index is 13.3. The fraction of sp³-hybridized carbons (Fsp3) is 0.455. The first-order chi connectivity index (χ1) is 7.00. The molecule has 0 N–H and O–H groups in total. The minimum absolute atomic E-state index is 0.125. The van der Waals surface area contributed by atoms with Gasteiger partial charge in [-0.05, 0) is 23.6 Å². The Morgan fingerprint density at radius 3 is 2.40 bits per heavy atom. The molecule has 1 aromatic rings. The SMILES string of the molecule is CC(C)c1ccc(OCC(F)F)c(F)c1. The molecule has 0 aromatic heterocycles. The van der Waals surface area contributed by atoms with E-state index in [1.165, 1.54) is 12.1 Å². The van der Waals surface area contributed by atoms with Crippen LogP contribution in [0.2, 0.25) is 0 Å². The summed E-state index contributed by atoms with van der Waals surface area (Å²) in [5, 5.41) is 0. The summed E-state index contributed by atoms with van der Waals surface area (Å²) in [6.07, 6.45) is -2.59. The Morgan fingerprint density at radius 2 is 1.93 bits per heavy atom. The van der Waals surface area contributed by atoms with Gasteiger partial charge in [-0.3, -0.25) is 0 Å². The lowest BCUT2D eigenvalue weighted by molar-refractivity contribution is 0.0799. The van der Waals surface area contributed by atoms with Gasteiger partial charge in [0.1, 0.15) is 6.61 Å². The molecule has 15 heavy (non-hydrogen) atoms. The predicted octanol–water partition coefficient (Wildman–Crippen LogP) is 3.59. The largest absolute Gasteiger partial charge is 0.485 e. The predicted molar refractivity (Wildman–Crippen MR) is 52.0 cm³/mol. The van der Waals surface area contributed by atoms with E-state index in [9.17, 15) is 13.2 Å². The molecule has 1 aromatic carbocycles. The number of rotatable bonds is 4. The van der Waals surface area contributed by atoms with Crippen molar-refractivity contribution in [1.82, 2.24) is 0 Å². The summed E-state index contributed by atoms with van der Waals surface area (Å²) in [7, 11) is 0. The van der Waals surface area contributed by atoms with Gasteiger partial charge in [0.25, 0.3) is 6.43 Å². The first kappa shape index (κ1) is 11.9.